The van der Waals surface area contributed by atoms with Gasteiger partial charge in [0.05, 0.1) is 18.8 Å². The molecule has 0 aliphatic carbocycles. The number of benzene rings is 1. The fraction of sp³-hybridized carbons (Fsp3) is 0.619. The summed E-state index contributed by atoms with van der Waals surface area (Å²) in [5, 5.41) is 6.24. The number of guanidine groups is 1. The second kappa shape index (κ2) is 12.3. The molecule has 2 aliphatic heterocycles. The summed E-state index contributed by atoms with van der Waals surface area (Å²) < 4.78 is 6.05. The number of hydrogen-bond donors (Lipinski definition) is 2. The standard InChI is InChI=1S/C21H33N5O2.HI/c1-3-10-23-20(27)9-11-24-21(22-2)26-15-18-19(16-26)28-13-12-25(18)14-17-7-5-4-6-8-17;/h4-8,18-19H,3,9-16H2,1-2H3,(H,22,24)(H,23,27);1H. The second-order valence-electron chi connectivity index (χ2n) is 7.41. The molecule has 7 nitrogen and oxygen atoms in total. The zero-order valence-corrected chi connectivity index (χ0v) is 19.8. The maximum absolute atomic E-state index is 11.8. The van der Waals surface area contributed by atoms with Crippen LogP contribution in [0.2, 0.25) is 0 Å². The average molecular weight is 515 g/mol. The molecule has 1 aromatic rings. The Hall–Kier alpha value is -1.39. The van der Waals surface area contributed by atoms with E-state index >= 15 is 0 Å². The number of rotatable bonds is 7. The van der Waals surface area contributed by atoms with Gasteiger partial charge in [-0.25, -0.2) is 0 Å². The minimum atomic E-state index is 0. The van der Waals surface area contributed by atoms with Gasteiger partial charge in [0, 0.05) is 52.7 Å². The largest absolute Gasteiger partial charge is 0.373 e. The first-order chi connectivity index (χ1) is 13.7. The first-order valence-corrected chi connectivity index (χ1v) is 10.3. The van der Waals surface area contributed by atoms with Gasteiger partial charge in [-0.3, -0.25) is 14.7 Å². The number of carbonyl (C=O) groups is 1. The van der Waals surface area contributed by atoms with Gasteiger partial charge >= 0.3 is 0 Å². The molecule has 2 unspecified atom stereocenters. The van der Waals surface area contributed by atoms with E-state index in [0.717, 1.165) is 51.7 Å². The Morgan fingerprint density at radius 1 is 1.21 bits per heavy atom. The van der Waals surface area contributed by atoms with E-state index in [-0.39, 0.29) is 36.0 Å². The Morgan fingerprint density at radius 2 is 2.00 bits per heavy atom. The summed E-state index contributed by atoms with van der Waals surface area (Å²) in [7, 11) is 1.80. The van der Waals surface area contributed by atoms with Crippen LogP contribution in [0.5, 0.6) is 0 Å². The molecule has 0 spiro atoms. The molecule has 0 saturated carbocycles. The fourth-order valence-electron chi connectivity index (χ4n) is 3.92. The average Bonchev–Trinajstić information content (AvgIpc) is 3.15. The van der Waals surface area contributed by atoms with E-state index in [1.54, 1.807) is 7.05 Å². The van der Waals surface area contributed by atoms with Gasteiger partial charge in [-0.05, 0) is 12.0 Å². The first kappa shape index (κ1) is 23.9. The summed E-state index contributed by atoms with van der Waals surface area (Å²) >= 11 is 0. The summed E-state index contributed by atoms with van der Waals surface area (Å²) in [6, 6.07) is 11.0. The van der Waals surface area contributed by atoms with E-state index in [1.165, 1.54) is 5.56 Å². The number of nitrogens with zero attached hydrogens (tertiary/aromatic N) is 3. The SMILES string of the molecule is CCCNC(=O)CCNC(=NC)N1CC2OCCN(Cc3ccccc3)C2C1.I. The predicted molar refractivity (Wildman–Crippen MR) is 127 cm³/mol. The van der Waals surface area contributed by atoms with Crippen LogP contribution in [0.25, 0.3) is 0 Å². The van der Waals surface area contributed by atoms with Crippen LogP contribution in [-0.2, 0) is 16.1 Å². The number of amides is 1. The second-order valence-corrected chi connectivity index (χ2v) is 7.41. The summed E-state index contributed by atoms with van der Waals surface area (Å²) in [5.41, 5.74) is 1.34. The van der Waals surface area contributed by atoms with Crippen molar-refractivity contribution in [3.8, 4) is 0 Å². The monoisotopic (exact) mass is 515 g/mol. The lowest BCUT2D eigenvalue weighted by molar-refractivity contribution is -0.120. The van der Waals surface area contributed by atoms with Crippen LogP contribution in [0.4, 0.5) is 0 Å². The molecule has 2 fully saturated rings. The molecule has 2 aliphatic rings. The molecule has 0 bridgehead atoms. The van der Waals surface area contributed by atoms with Crippen molar-refractivity contribution in [2.24, 2.45) is 4.99 Å². The summed E-state index contributed by atoms with van der Waals surface area (Å²) in [4.78, 5) is 21.0. The van der Waals surface area contributed by atoms with Gasteiger partial charge < -0.3 is 20.3 Å². The third-order valence-electron chi connectivity index (χ3n) is 5.36. The number of morpholine rings is 1. The molecule has 8 heteroatoms. The van der Waals surface area contributed by atoms with E-state index in [9.17, 15) is 4.79 Å². The van der Waals surface area contributed by atoms with E-state index in [2.05, 4.69) is 62.7 Å². The molecule has 3 rings (SSSR count). The summed E-state index contributed by atoms with van der Waals surface area (Å²) in [6.07, 6.45) is 1.61. The van der Waals surface area contributed by atoms with E-state index < -0.39 is 0 Å². The molecule has 2 heterocycles. The maximum Gasteiger partial charge on any atom is 0.221 e. The zero-order valence-electron chi connectivity index (χ0n) is 17.5. The Balaban J connectivity index is 0.00000300. The first-order valence-electron chi connectivity index (χ1n) is 10.3. The molecular weight excluding hydrogens is 481 g/mol. The van der Waals surface area contributed by atoms with Crippen molar-refractivity contribution >= 4 is 35.8 Å². The molecular formula is C21H34IN5O2. The van der Waals surface area contributed by atoms with Gasteiger partial charge in [-0.2, -0.15) is 0 Å². The number of aliphatic imine (C=N–C) groups is 1. The number of likely N-dealkylation sites (tertiary alicyclic amines) is 1. The molecule has 2 N–H and O–H groups in total. The van der Waals surface area contributed by atoms with E-state index in [0.29, 0.717) is 19.0 Å². The predicted octanol–water partition coefficient (Wildman–Crippen LogP) is 1.68. The Morgan fingerprint density at radius 3 is 2.72 bits per heavy atom. The van der Waals surface area contributed by atoms with Gasteiger partial charge in [0.25, 0.3) is 0 Å². The van der Waals surface area contributed by atoms with Crippen LogP contribution in [0.15, 0.2) is 35.3 Å². The minimum absolute atomic E-state index is 0. The van der Waals surface area contributed by atoms with Crippen molar-refractivity contribution in [1.29, 1.82) is 0 Å². The van der Waals surface area contributed by atoms with Crippen molar-refractivity contribution < 1.29 is 9.53 Å². The number of nitrogens with one attached hydrogen (secondary N) is 2. The number of hydrogen-bond acceptors (Lipinski definition) is 4. The van der Waals surface area contributed by atoms with Crippen LogP contribution in [0.3, 0.4) is 0 Å². The third-order valence-corrected chi connectivity index (χ3v) is 5.36. The molecule has 2 saturated heterocycles. The lowest BCUT2D eigenvalue weighted by Gasteiger charge is -2.36. The Kier molecular flexibility index (Phi) is 10.2. The third kappa shape index (κ3) is 6.82. The summed E-state index contributed by atoms with van der Waals surface area (Å²) in [6.45, 7) is 7.76. The lowest BCUT2D eigenvalue weighted by Crippen LogP contribution is -2.50. The van der Waals surface area contributed by atoms with Gasteiger partial charge in [0.15, 0.2) is 5.96 Å². The highest BCUT2D eigenvalue weighted by atomic mass is 127. The number of ether oxygens (including phenoxy) is 1. The number of fused-ring (bicyclic) bond motifs is 1. The van der Waals surface area contributed by atoms with E-state index in [1.807, 2.05) is 0 Å². The molecule has 0 aromatic heterocycles. The van der Waals surface area contributed by atoms with Gasteiger partial charge in [-0.1, -0.05) is 37.3 Å². The van der Waals surface area contributed by atoms with Crippen LogP contribution in [0, 0.1) is 0 Å². The van der Waals surface area contributed by atoms with Crippen molar-refractivity contribution in [1.82, 2.24) is 20.4 Å². The maximum atomic E-state index is 11.8. The molecule has 1 amide bonds. The fourth-order valence-corrected chi connectivity index (χ4v) is 3.92. The highest BCUT2D eigenvalue weighted by Gasteiger charge is 2.41. The molecule has 2 atom stereocenters. The van der Waals surface area contributed by atoms with E-state index in [4.69, 9.17) is 4.74 Å². The normalized spacial score (nSPS) is 22.0. The molecule has 0 radical (unpaired) electrons. The van der Waals surface area contributed by atoms with Crippen molar-refractivity contribution in [3.63, 3.8) is 0 Å². The van der Waals surface area contributed by atoms with Crippen LogP contribution < -0.4 is 10.6 Å². The smallest absolute Gasteiger partial charge is 0.221 e. The number of halogens is 1. The minimum Gasteiger partial charge on any atom is -0.373 e. The number of carbonyl (C=O) groups excluding carboxylic acids is 1. The van der Waals surface area contributed by atoms with Crippen molar-refractivity contribution in [2.75, 3.05) is 46.4 Å². The van der Waals surface area contributed by atoms with Gasteiger partial charge in [-0.15, -0.1) is 24.0 Å². The molecule has 29 heavy (non-hydrogen) atoms. The molecule has 1 aromatic carbocycles. The Labute approximate surface area is 191 Å². The topological polar surface area (TPSA) is 69.2 Å². The van der Waals surface area contributed by atoms with Crippen LogP contribution in [0.1, 0.15) is 25.3 Å². The zero-order chi connectivity index (χ0) is 19.8. The quantitative estimate of drug-likeness (QED) is 0.329. The highest BCUT2D eigenvalue weighted by molar-refractivity contribution is 14.0. The summed E-state index contributed by atoms with van der Waals surface area (Å²) in [5.74, 6) is 0.929. The highest BCUT2D eigenvalue weighted by Crippen LogP contribution is 2.24. The molecule has 162 valence electrons. The Bertz CT molecular complexity index is 658. The van der Waals surface area contributed by atoms with Gasteiger partial charge in [0.1, 0.15) is 0 Å². The van der Waals surface area contributed by atoms with Crippen LogP contribution in [-0.4, -0.2) is 80.2 Å². The van der Waals surface area contributed by atoms with Crippen molar-refractivity contribution in [3.05, 3.63) is 35.9 Å². The van der Waals surface area contributed by atoms with Gasteiger partial charge in [0.2, 0.25) is 5.91 Å². The lowest BCUT2D eigenvalue weighted by atomic mass is 10.1. The van der Waals surface area contributed by atoms with Crippen LogP contribution >= 0.6 is 24.0 Å². The van der Waals surface area contributed by atoms with Crippen molar-refractivity contribution in [2.45, 2.75) is 38.5 Å².